The number of benzene rings is 1. The Hall–Kier alpha value is -3.21. The summed E-state index contributed by atoms with van der Waals surface area (Å²) >= 11 is 0. The van der Waals surface area contributed by atoms with Gasteiger partial charge in [-0.15, -0.1) is 5.10 Å². The number of nitrogens with zero attached hydrogens (tertiary/aromatic N) is 5. The maximum atomic E-state index is 4.68. The van der Waals surface area contributed by atoms with Crippen LogP contribution in [0.5, 0.6) is 0 Å². The molecule has 0 saturated carbocycles. The van der Waals surface area contributed by atoms with Gasteiger partial charge in [0.1, 0.15) is 0 Å². The summed E-state index contributed by atoms with van der Waals surface area (Å²) in [6, 6.07) is 12.6. The SMILES string of the molecule is C1=CC(N2CCN(c3nnc(Cc4ccncc4)c4ccccc34)CC2)=CCC1. The summed E-state index contributed by atoms with van der Waals surface area (Å²) in [7, 11) is 0. The molecule has 0 spiro atoms. The lowest BCUT2D eigenvalue weighted by Crippen LogP contribution is -2.46. The van der Waals surface area contributed by atoms with E-state index >= 15 is 0 Å². The van der Waals surface area contributed by atoms with Gasteiger partial charge in [0.05, 0.1) is 5.69 Å². The van der Waals surface area contributed by atoms with Crippen LogP contribution >= 0.6 is 0 Å². The largest absolute Gasteiger partial charge is 0.368 e. The van der Waals surface area contributed by atoms with Crippen LogP contribution in [-0.4, -0.2) is 46.3 Å². The topological polar surface area (TPSA) is 45.2 Å². The van der Waals surface area contributed by atoms with Crippen LogP contribution in [0.4, 0.5) is 5.82 Å². The zero-order valence-electron chi connectivity index (χ0n) is 16.5. The normalized spacial score (nSPS) is 16.9. The van der Waals surface area contributed by atoms with Crippen molar-refractivity contribution >= 4 is 16.6 Å². The highest BCUT2D eigenvalue weighted by atomic mass is 15.3. The number of fused-ring (bicyclic) bond motifs is 1. The van der Waals surface area contributed by atoms with Crippen LogP contribution in [-0.2, 0) is 6.42 Å². The molecule has 1 saturated heterocycles. The first-order valence-corrected chi connectivity index (χ1v) is 10.4. The predicted octanol–water partition coefficient (Wildman–Crippen LogP) is 3.97. The number of rotatable bonds is 4. The summed E-state index contributed by atoms with van der Waals surface area (Å²) in [6.07, 6.45) is 13.7. The molecule has 3 heterocycles. The lowest BCUT2D eigenvalue weighted by Gasteiger charge is -2.38. The number of pyridine rings is 1. The monoisotopic (exact) mass is 383 g/mol. The average molecular weight is 383 g/mol. The van der Waals surface area contributed by atoms with Gasteiger partial charge in [-0.25, -0.2) is 0 Å². The van der Waals surface area contributed by atoms with Crippen molar-refractivity contribution in [3.05, 3.63) is 84.0 Å². The third-order valence-corrected chi connectivity index (χ3v) is 5.79. The molecule has 1 aliphatic heterocycles. The van der Waals surface area contributed by atoms with Crippen molar-refractivity contribution in [3.8, 4) is 0 Å². The van der Waals surface area contributed by atoms with Crippen molar-refractivity contribution in [1.82, 2.24) is 20.1 Å². The third kappa shape index (κ3) is 3.73. The number of aromatic nitrogens is 3. The van der Waals surface area contributed by atoms with Crippen LogP contribution in [0.1, 0.15) is 24.1 Å². The number of anilines is 1. The second-order valence-corrected chi connectivity index (χ2v) is 7.63. The quantitative estimate of drug-likeness (QED) is 0.682. The molecule has 1 aromatic carbocycles. The molecule has 1 fully saturated rings. The molecule has 0 N–H and O–H groups in total. The minimum atomic E-state index is 0.768. The fourth-order valence-corrected chi connectivity index (χ4v) is 4.21. The van der Waals surface area contributed by atoms with E-state index in [2.05, 4.69) is 67.5 Å². The van der Waals surface area contributed by atoms with Crippen molar-refractivity contribution < 1.29 is 0 Å². The van der Waals surface area contributed by atoms with Crippen LogP contribution in [0.15, 0.2) is 72.7 Å². The number of hydrogen-bond donors (Lipinski definition) is 0. The Kier molecular flexibility index (Phi) is 4.95. The molecule has 1 aliphatic carbocycles. The molecule has 0 radical (unpaired) electrons. The van der Waals surface area contributed by atoms with Crippen molar-refractivity contribution in [3.63, 3.8) is 0 Å². The molecule has 5 heteroatoms. The Bertz CT molecular complexity index is 1050. The van der Waals surface area contributed by atoms with Gasteiger partial charge in [-0.2, -0.15) is 5.10 Å². The Balaban J connectivity index is 1.39. The van der Waals surface area contributed by atoms with Crippen molar-refractivity contribution in [2.24, 2.45) is 0 Å². The van der Waals surface area contributed by atoms with Gasteiger partial charge in [0.25, 0.3) is 0 Å². The number of allylic oxidation sites excluding steroid dienone is 3. The lowest BCUT2D eigenvalue weighted by molar-refractivity contribution is 0.327. The van der Waals surface area contributed by atoms with Gasteiger partial charge in [0.2, 0.25) is 0 Å². The first-order chi connectivity index (χ1) is 14.4. The van der Waals surface area contributed by atoms with Gasteiger partial charge >= 0.3 is 0 Å². The molecule has 3 aromatic rings. The minimum absolute atomic E-state index is 0.768. The van der Waals surface area contributed by atoms with E-state index in [-0.39, 0.29) is 0 Å². The first kappa shape index (κ1) is 17.9. The standard InChI is InChI=1S/C24H25N5/c1-2-6-20(7-3-1)28-14-16-29(17-15-28)24-22-9-5-4-8-21(22)23(26-27-24)18-19-10-12-25-13-11-19/h2,4-13H,1,3,14-18H2. The second-order valence-electron chi connectivity index (χ2n) is 7.63. The summed E-state index contributed by atoms with van der Waals surface area (Å²) < 4.78 is 0. The molecule has 5 nitrogen and oxygen atoms in total. The van der Waals surface area contributed by atoms with E-state index in [1.807, 2.05) is 24.5 Å². The Morgan fingerprint density at radius 2 is 1.55 bits per heavy atom. The Labute approximate surface area is 171 Å². The van der Waals surface area contributed by atoms with Crippen molar-refractivity contribution in [2.75, 3.05) is 31.1 Å². The highest BCUT2D eigenvalue weighted by molar-refractivity contribution is 5.93. The summed E-state index contributed by atoms with van der Waals surface area (Å²) in [6.45, 7) is 3.97. The highest BCUT2D eigenvalue weighted by Crippen LogP contribution is 2.28. The van der Waals surface area contributed by atoms with E-state index in [1.54, 1.807) is 0 Å². The Morgan fingerprint density at radius 1 is 0.793 bits per heavy atom. The van der Waals surface area contributed by atoms with E-state index in [9.17, 15) is 0 Å². The summed E-state index contributed by atoms with van der Waals surface area (Å²) in [5.41, 5.74) is 3.60. The van der Waals surface area contributed by atoms with Crippen LogP contribution in [0.25, 0.3) is 10.8 Å². The van der Waals surface area contributed by atoms with Gasteiger partial charge in [0.15, 0.2) is 5.82 Å². The Morgan fingerprint density at radius 3 is 2.31 bits per heavy atom. The van der Waals surface area contributed by atoms with E-state index < -0.39 is 0 Å². The van der Waals surface area contributed by atoms with E-state index in [0.29, 0.717) is 0 Å². The molecule has 0 bridgehead atoms. The molecule has 2 aliphatic rings. The lowest BCUT2D eigenvalue weighted by atomic mass is 10.0. The fraction of sp³-hybridized carbons (Fsp3) is 0.292. The fourth-order valence-electron chi connectivity index (χ4n) is 4.21. The van der Waals surface area contributed by atoms with E-state index in [4.69, 9.17) is 0 Å². The zero-order valence-corrected chi connectivity index (χ0v) is 16.5. The molecule has 5 rings (SSSR count). The predicted molar refractivity (Wildman–Crippen MR) is 117 cm³/mol. The number of hydrogen-bond acceptors (Lipinski definition) is 5. The van der Waals surface area contributed by atoms with Gasteiger partial charge in [0, 0.05) is 61.5 Å². The van der Waals surface area contributed by atoms with Gasteiger partial charge in [-0.1, -0.05) is 36.4 Å². The molecule has 2 aromatic heterocycles. The minimum Gasteiger partial charge on any atom is -0.368 e. The number of piperazine rings is 1. The maximum absolute atomic E-state index is 4.68. The second kappa shape index (κ2) is 8.03. The molecule has 0 amide bonds. The first-order valence-electron chi connectivity index (χ1n) is 10.4. The third-order valence-electron chi connectivity index (χ3n) is 5.79. The van der Waals surface area contributed by atoms with Crippen molar-refractivity contribution in [1.29, 1.82) is 0 Å². The summed E-state index contributed by atoms with van der Waals surface area (Å²) in [4.78, 5) is 8.98. The summed E-state index contributed by atoms with van der Waals surface area (Å²) in [5.74, 6) is 1.01. The van der Waals surface area contributed by atoms with Crippen LogP contribution in [0.2, 0.25) is 0 Å². The van der Waals surface area contributed by atoms with Crippen LogP contribution in [0, 0.1) is 0 Å². The summed E-state index contributed by atoms with van der Waals surface area (Å²) in [5, 5.41) is 11.7. The average Bonchev–Trinajstić information content (AvgIpc) is 2.81. The molecule has 146 valence electrons. The molecule has 29 heavy (non-hydrogen) atoms. The van der Waals surface area contributed by atoms with E-state index in [0.717, 1.165) is 57.0 Å². The highest BCUT2D eigenvalue weighted by Gasteiger charge is 2.22. The zero-order chi connectivity index (χ0) is 19.5. The van der Waals surface area contributed by atoms with Crippen molar-refractivity contribution in [2.45, 2.75) is 19.3 Å². The van der Waals surface area contributed by atoms with Crippen LogP contribution < -0.4 is 4.90 Å². The smallest absolute Gasteiger partial charge is 0.159 e. The van der Waals surface area contributed by atoms with Gasteiger partial charge < -0.3 is 9.80 Å². The molecular formula is C24H25N5. The van der Waals surface area contributed by atoms with E-state index in [1.165, 1.54) is 22.0 Å². The maximum Gasteiger partial charge on any atom is 0.159 e. The molecule has 0 unspecified atom stereocenters. The van der Waals surface area contributed by atoms with Gasteiger partial charge in [-0.05, 0) is 36.6 Å². The van der Waals surface area contributed by atoms with Gasteiger partial charge in [-0.3, -0.25) is 4.98 Å². The molecule has 0 atom stereocenters. The van der Waals surface area contributed by atoms with Crippen LogP contribution in [0.3, 0.4) is 0 Å². The molecular weight excluding hydrogens is 358 g/mol.